The lowest BCUT2D eigenvalue weighted by Crippen LogP contribution is -2.45. The average molecular weight is 393 g/mol. The Bertz CT molecular complexity index is 911. The van der Waals surface area contributed by atoms with Gasteiger partial charge in [0.25, 0.3) is 0 Å². The Balaban J connectivity index is 2.36. The number of benzene rings is 2. The summed E-state index contributed by atoms with van der Waals surface area (Å²) in [6.07, 6.45) is 3.07. The highest BCUT2D eigenvalue weighted by Gasteiger charge is 2.30. The second-order valence-electron chi connectivity index (χ2n) is 6.25. The number of sulfonamides is 1. The smallest absolute Gasteiger partial charge is 0.247 e. The summed E-state index contributed by atoms with van der Waals surface area (Å²) < 4.78 is 26.1. The highest BCUT2D eigenvalue weighted by atomic mass is 32.2. The van der Waals surface area contributed by atoms with Gasteiger partial charge in [-0.1, -0.05) is 18.2 Å². The summed E-state index contributed by atoms with van der Waals surface area (Å²) >= 11 is 1.57. The fourth-order valence-electron chi connectivity index (χ4n) is 2.69. The van der Waals surface area contributed by atoms with E-state index in [1.807, 2.05) is 50.4 Å². The van der Waals surface area contributed by atoms with E-state index in [0.29, 0.717) is 11.4 Å². The van der Waals surface area contributed by atoms with Crippen molar-refractivity contribution in [2.75, 3.05) is 22.1 Å². The quantitative estimate of drug-likeness (QED) is 0.759. The number of nitrogens with one attached hydrogen (secondary N) is 1. The highest BCUT2D eigenvalue weighted by Crippen LogP contribution is 2.27. The molecule has 1 N–H and O–H groups in total. The third kappa shape index (κ3) is 4.80. The Kier molecular flexibility index (Phi) is 6.36. The maximum absolute atomic E-state index is 12.7. The van der Waals surface area contributed by atoms with Crippen molar-refractivity contribution in [3.8, 4) is 0 Å². The van der Waals surface area contributed by atoms with Gasteiger partial charge in [0.05, 0.1) is 11.9 Å². The van der Waals surface area contributed by atoms with Crippen molar-refractivity contribution in [2.45, 2.75) is 31.7 Å². The van der Waals surface area contributed by atoms with Crippen LogP contribution in [-0.4, -0.2) is 32.9 Å². The van der Waals surface area contributed by atoms with E-state index in [2.05, 4.69) is 5.32 Å². The fraction of sp³-hybridized carbons (Fsp3) is 0.316. The number of anilines is 2. The monoisotopic (exact) mass is 392 g/mol. The van der Waals surface area contributed by atoms with Crippen molar-refractivity contribution in [2.24, 2.45) is 0 Å². The van der Waals surface area contributed by atoms with E-state index in [-0.39, 0.29) is 5.91 Å². The van der Waals surface area contributed by atoms with Crippen LogP contribution in [0, 0.1) is 13.8 Å². The average Bonchev–Trinajstić information content (AvgIpc) is 2.57. The predicted molar refractivity (Wildman–Crippen MR) is 110 cm³/mol. The van der Waals surface area contributed by atoms with Gasteiger partial charge in [-0.3, -0.25) is 9.10 Å². The number of rotatable bonds is 6. The normalized spacial score (nSPS) is 12.5. The summed E-state index contributed by atoms with van der Waals surface area (Å²) in [5, 5.41) is 2.81. The Morgan fingerprint density at radius 2 is 1.85 bits per heavy atom. The van der Waals surface area contributed by atoms with Crippen LogP contribution in [0.15, 0.2) is 47.4 Å². The van der Waals surface area contributed by atoms with Crippen LogP contribution in [0.2, 0.25) is 0 Å². The largest absolute Gasteiger partial charge is 0.324 e. The summed E-state index contributed by atoms with van der Waals surface area (Å²) in [5.74, 6) is -0.380. The first-order valence-corrected chi connectivity index (χ1v) is 11.2. The SMILES string of the molecule is CSc1cccc(NC(=O)[C@H](C)N(c2cc(C)ccc2C)S(C)(=O)=O)c1. The molecule has 0 saturated carbocycles. The minimum Gasteiger partial charge on any atom is -0.324 e. The van der Waals surface area contributed by atoms with E-state index in [9.17, 15) is 13.2 Å². The van der Waals surface area contributed by atoms with E-state index in [4.69, 9.17) is 0 Å². The molecule has 0 saturated heterocycles. The maximum atomic E-state index is 12.7. The van der Waals surface area contributed by atoms with Crippen LogP contribution in [0.25, 0.3) is 0 Å². The van der Waals surface area contributed by atoms with Crippen molar-refractivity contribution in [1.82, 2.24) is 0 Å². The lowest BCUT2D eigenvalue weighted by atomic mass is 10.1. The number of amides is 1. The molecule has 2 rings (SSSR count). The van der Waals surface area contributed by atoms with Gasteiger partial charge in [-0.25, -0.2) is 8.42 Å². The molecular formula is C19H24N2O3S2. The Morgan fingerprint density at radius 1 is 1.15 bits per heavy atom. The molecule has 5 nitrogen and oxygen atoms in total. The van der Waals surface area contributed by atoms with E-state index >= 15 is 0 Å². The summed E-state index contributed by atoms with van der Waals surface area (Å²) in [6.45, 7) is 5.32. The lowest BCUT2D eigenvalue weighted by Gasteiger charge is -2.29. The second kappa shape index (κ2) is 8.14. The van der Waals surface area contributed by atoms with Gasteiger partial charge in [-0.15, -0.1) is 11.8 Å². The molecule has 2 aromatic rings. The van der Waals surface area contributed by atoms with E-state index in [1.54, 1.807) is 30.8 Å². The Hall–Kier alpha value is -1.99. The third-order valence-electron chi connectivity index (χ3n) is 4.03. The van der Waals surface area contributed by atoms with Crippen molar-refractivity contribution in [1.29, 1.82) is 0 Å². The van der Waals surface area contributed by atoms with Crippen LogP contribution in [0.4, 0.5) is 11.4 Å². The Labute approximate surface area is 159 Å². The van der Waals surface area contributed by atoms with Crippen molar-refractivity contribution < 1.29 is 13.2 Å². The first-order valence-electron chi connectivity index (χ1n) is 8.15. The zero-order valence-corrected chi connectivity index (χ0v) is 17.2. The van der Waals surface area contributed by atoms with Crippen LogP contribution >= 0.6 is 11.8 Å². The van der Waals surface area contributed by atoms with Crippen LogP contribution in [0.5, 0.6) is 0 Å². The summed E-state index contributed by atoms with van der Waals surface area (Å²) in [4.78, 5) is 13.8. The zero-order chi connectivity index (χ0) is 19.5. The van der Waals surface area contributed by atoms with Crippen molar-refractivity contribution in [3.63, 3.8) is 0 Å². The minimum absolute atomic E-state index is 0.380. The molecule has 0 aliphatic heterocycles. The van der Waals surface area contributed by atoms with E-state index in [1.165, 1.54) is 4.31 Å². The number of thioether (sulfide) groups is 1. The van der Waals surface area contributed by atoms with Gasteiger partial charge in [0.15, 0.2) is 0 Å². The molecule has 1 amide bonds. The molecule has 0 radical (unpaired) electrons. The fourth-order valence-corrected chi connectivity index (χ4v) is 4.37. The summed E-state index contributed by atoms with van der Waals surface area (Å²) in [7, 11) is -3.64. The topological polar surface area (TPSA) is 66.5 Å². The molecule has 0 spiro atoms. The molecule has 0 aliphatic rings. The summed E-state index contributed by atoms with van der Waals surface area (Å²) in [6, 6.07) is 12.1. The third-order valence-corrected chi connectivity index (χ3v) is 5.98. The Morgan fingerprint density at radius 3 is 2.46 bits per heavy atom. The molecule has 7 heteroatoms. The standard InChI is InChI=1S/C19H24N2O3S2/c1-13-9-10-14(2)18(11-13)21(26(5,23)24)15(3)19(22)20-16-7-6-8-17(12-16)25-4/h6-12,15H,1-5H3,(H,20,22)/t15-/m0/s1. The van der Waals surface area contributed by atoms with Crippen LogP contribution in [-0.2, 0) is 14.8 Å². The first kappa shape index (κ1) is 20.3. The molecule has 0 aromatic heterocycles. The van der Waals surface area contributed by atoms with Crippen LogP contribution in [0.1, 0.15) is 18.1 Å². The maximum Gasteiger partial charge on any atom is 0.247 e. The molecule has 0 unspecified atom stereocenters. The second-order valence-corrected chi connectivity index (χ2v) is 8.99. The van der Waals surface area contributed by atoms with Gasteiger partial charge in [-0.05, 0) is 62.4 Å². The molecule has 0 heterocycles. The van der Waals surface area contributed by atoms with Gasteiger partial charge >= 0.3 is 0 Å². The van der Waals surface area contributed by atoms with Gasteiger partial charge in [-0.2, -0.15) is 0 Å². The lowest BCUT2D eigenvalue weighted by molar-refractivity contribution is -0.116. The highest BCUT2D eigenvalue weighted by molar-refractivity contribution is 7.98. The minimum atomic E-state index is -3.64. The van der Waals surface area contributed by atoms with Crippen LogP contribution < -0.4 is 9.62 Å². The molecule has 0 bridgehead atoms. The van der Waals surface area contributed by atoms with Gasteiger partial charge in [0.2, 0.25) is 15.9 Å². The number of hydrogen-bond acceptors (Lipinski definition) is 4. The predicted octanol–water partition coefficient (Wildman–Crippen LogP) is 3.82. The molecule has 0 fully saturated rings. The molecule has 140 valence electrons. The number of carbonyl (C=O) groups is 1. The van der Waals surface area contributed by atoms with Crippen molar-refractivity contribution >= 4 is 39.1 Å². The first-order chi connectivity index (χ1) is 12.1. The number of carbonyl (C=O) groups excluding carboxylic acids is 1. The van der Waals surface area contributed by atoms with E-state index < -0.39 is 16.1 Å². The number of nitrogens with zero attached hydrogens (tertiary/aromatic N) is 1. The summed E-state index contributed by atoms with van der Waals surface area (Å²) in [5.41, 5.74) is 2.89. The van der Waals surface area contributed by atoms with Gasteiger partial charge in [0, 0.05) is 10.6 Å². The number of hydrogen-bond donors (Lipinski definition) is 1. The van der Waals surface area contributed by atoms with E-state index in [0.717, 1.165) is 22.3 Å². The molecule has 2 aromatic carbocycles. The van der Waals surface area contributed by atoms with Crippen LogP contribution in [0.3, 0.4) is 0 Å². The van der Waals surface area contributed by atoms with Crippen molar-refractivity contribution in [3.05, 3.63) is 53.6 Å². The molecule has 1 atom stereocenters. The zero-order valence-electron chi connectivity index (χ0n) is 15.6. The molecule has 0 aliphatic carbocycles. The molecular weight excluding hydrogens is 368 g/mol. The number of aryl methyl sites for hydroxylation is 2. The molecule has 26 heavy (non-hydrogen) atoms. The van der Waals surface area contributed by atoms with Gasteiger partial charge < -0.3 is 5.32 Å². The van der Waals surface area contributed by atoms with Gasteiger partial charge in [0.1, 0.15) is 6.04 Å².